The fourth-order valence-electron chi connectivity index (χ4n) is 4.26. The standard InChI is InChI=1S/C10H16Br2O2.C9H16Br2.C8H14Br2O.CH4/c1-7(13)14-10-5-8(10)3-2-4-9(12)6-11;1-7-5-8(7)3-2-4-9(11)6-10;9-5-7(10)3-1-2-6-4-8(6)11;/h8-10H,2-6H2,1H3;7-9H,2-6H2,1H3;6-8,11H,1-5H2;1H4/t8-,9?,10-;7-,8-,9?;6-,7?,8-;/m111./s1. The Hall–Kier alpha value is 2.31. The van der Waals surface area contributed by atoms with E-state index in [2.05, 4.69) is 103 Å². The third kappa shape index (κ3) is 21.6. The highest BCUT2D eigenvalue weighted by molar-refractivity contribution is 9.12. The predicted molar refractivity (Wildman–Crippen MR) is 183 cm³/mol. The van der Waals surface area contributed by atoms with Crippen molar-refractivity contribution in [2.75, 3.05) is 16.0 Å². The van der Waals surface area contributed by atoms with Gasteiger partial charge in [0, 0.05) is 37.4 Å². The van der Waals surface area contributed by atoms with E-state index in [1.165, 1.54) is 71.1 Å². The van der Waals surface area contributed by atoms with E-state index in [-0.39, 0.29) is 25.6 Å². The first kappa shape index (κ1) is 39.3. The summed E-state index contributed by atoms with van der Waals surface area (Å²) in [4.78, 5) is 12.5. The number of esters is 1. The zero-order valence-electron chi connectivity index (χ0n) is 21.8. The largest absolute Gasteiger partial charge is 0.462 e. The molecule has 3 aliphatic rings. The van der Waals surface area contributed by atoms with Crippen LogP contribution in [0, 0.1) is 23.7 Å². The normalized spacial score (nSPS) is 29.2. The second-order valence-electron chi connectivity index (χ2n) is 10.7. The van der Waals surface area contributed by atoms with Crippen LogP contribution in [0.5, 0.6) is 0 Å². The summed E-state index contributed by atoms with van der Waals surface area (Å²) in [7, 11) is 0. The molecule has 0 aliphatic heterocycles. The zero-order valence-corrected chi connectivity index (χ0v) is 31.4. The van der Waals surface area contributed by atoms with Gasteiger partial charge >= 0.3 is 5.97 Å². The van der Waals surface area contributed by atoms with Crippen LogP contribution in [0.15, 0.2) is 0 Å². The highest BCUT2D eigenvalue weighted by Crippen LogP contribution is 2.42. The maximum absolute atomic E-state index is 10.6. The van der Waals surface area contributed by atoms with Gasteiger partial charge in [-0.05, 0) is 75.0 Å². The third-order valence-electron chi connectivity index (χ3n) is 7.12. The van der Waals surface area contributed by atoms with Crippen molar-refractivity contribution in [3.63, 3.8) is 0 Å². The molecule has 0 spiro atoms. The number of aliphatic hydroxyl groups is 1. The number of hydrogen-bond donors (Lipinski definition) is 1. The SMILES string of the molecule is C.CC(=O)O[C@@H]1C[C@H]1CCCC(Br)CBr.C[C@@H]1C[C@H]1CCCC(Br)CBr.O[C@@H]1C[C@H]1CCCC(Br)CBr. The Bertz CT molecular complexity index is 548. The van der Waals surface area contributed by atoms with E-state index < -0.39 is 0 Å². The molecule has 3 unspecified atom stereocenters. The molecule has 0 aromatic carbocycles. The Balaban J connectivity index is 0.000000524. The topological polar surface area (TPSA) is 46.5 Å². The zero-order chi connectivity index (χ0) is 27.1. The molecule has 0 aromatic rings. The van der Waals surface area contributed by atoms with Gasteiger partial charge in [0.15, 0.2) is 0 Å². The molecule has 0 aromatic heterocycles. The van der Waals surface area contributed by atoms with Gasteiger partial charge in [-0.3, -0.25) is 4.79 Å². The van der Waals surface area contributed by atoms with Gasteiger partial charge in [-0.2, -0.15) is 0 Å². The molecule has 0 amide bonds. The molecular formula is C28H50Br6O3. The van der Waals surface area contributed by atoms with Crippen molar-refractivity contribution in [2.45, 2.75) is 125 Å². The lowest BCUT2D eigenvalue weighted by Gasteiger charge is -2.04. The molecule has 3 saturated carbocycles. The van der Waals surface area contributed by atoms with Crippen molar-refractivity contribution in [2.24, 2.45) is 23.7 Å². The molecule has 37 heavy (non-hydrogen) atoms. The molecule has 9 heteroatoms. The number of rotatable bonds is 16. The molecule has 9 atom stereocenters. The fraction of sp³-hybridized carbons (Fsp3) is 0.964. The Labute approximate surface area is 278 Å². The number of halogens is 6. The smallest absolute Gasteiger partial charge is 0.302 e. The van der Waals surface area contributed by atoms with Gasteiger partial charge in [0.1, 0.15) is 6.10 Å². The summed E-state index contributed by atoms with van der Waals surface area (Å²) < 4.78 is 5.10. The second-order valence-corrected chi connectivity index (χ2v) is 16.6. The van der Waals surface area contributed by atoms with Crippen molar-refractivity contribution in [1.82, 2.24) is 0 Å². The van der Waals surface area contributed by atoms with E-state index >= 15 is 0 Å². The molecule has 0 saturated heterocycles. The average molecular weight is 914 g/mol. The number of aliphatic hydroxyl groups excluding tert-OH is 1. The summed E-state index contributed by atoms with van der Waals surface area (Å²) in [6, 6.07) is 0. The molecule has 0 bridgehead atoms. The van der Waals surface area contributed by atoms with Gasteiger partial charge in [0.05, 0.1) is 6.10 Å². The number of carbonyl (C=O) groups is 1. The highest BCUT2D eigenvalue weighted by Gasteiger charge is 2.39. The van der Waals surface area contributed by atoms with Crippen LogP contribution in [0.1, 0.15) is 98.3 Å². The van der Waals surface area contributed by atoms with Gasteiger partial charge < -0.3 is 9.84 Å². The molecule has 3 nitrogen and oxygen atoms in total. The van der Waals surface area contributed by atoms with E-state index in [4.69, 9.17) is 9.84 Å². The highest BCUT2D eigenvalue weighted by atomic mass is 79.9. The van der Waals surface area contributed by atoms with Crippen molar-refractivity contribution < 1.29 is 14.6 Å². The minimum absolute atomic E-state index is 0. The first-order valence-electron chi connectivity index (χ1n) is 13.6. The fourth-order valence-corrected chi connectivity index (χ4v) is 6.20. The minimum atomic E-state index is -0.142. The number of ether oxygens (including phenoxy) is 1. The van der Waals surface area contributed by atoms with E-state index in [0.717, 1.165) is 40.7 Å². The number of alkyl halides is 6. The van der Waals surface area contributed by atoms with Crippen LogP contribution >= 0.6 is 95.6 Å². The minimum Gasteiger partial charge on any atom is -0.462 e. The van der Waals surface area contributed by atoms with Gasteiger partial charge in [0.2, 0.25) is 0 Å². The monoisotopic (exact) mass is 908 g/mol. The van der Waals surface area contributed by atoms with Gasteiger partial charge in [0.25, 0.3) is 0 Å². The maximum atomic E-state index is 10.6. The second kappa shape index (κ2) is 22.9. The molecule has 3 rings (SSSR count). The molecule has 1 N–H and O–H groups in total. The van der Waals surface area contributed by atoms with Gasteiger partial charge in [-0.15, -0.1) is 0 Å². The van der Waals surface area contributed by atoms with Crippen molar-refractivity contribution in [3.05, 3.63) is 0 Å². The lowest BCUT2D eigenvalue weighted by atomic mass is 10.1. The van der Waals surface area contributed by atoms with E-state index in [1.54, 1.807) is 0 Å². The Morgan fingerprint density at radius 3 is 1.49 bits per heavy atom. The number of hydrogen-bond acceptors (Lipinski definition) is 3. The van der Waals surface area contributed by atoms with E-state index in [9.17, 15) is 4.79 Å². The summed E-state index contributed by atoms with van der Waals surface area (Å²) in [5, 5.41) is 12.2. The summed E-state index contributed by atoms with van der Waals surface area (Å²) in [5.74, 6) is 3.23. The lowest BCUT2D eigenvalue weighted by molar-refractivity contribution is -0.142. The Morgan fingerprint density at radius 2 is 1.16 bits per heavy atom. The summed E-state index contributed by atoms with van der Waals surface area (Å²) in [6.07, 6.45) is 15.3. The van der Waals surface area contributed by atoms with Crippen LogP contribution in [0.25, 0.3) is 0 Å². The summed E-state index contributed by atoms with van der Waals surface area (Å²) >= 11 is 21.0. The number of carbonyl (C=O) groups excluding carboxylic acids is 1. The van der Waals surface area contributed by atoms with Crippen molar-refractivity contribution >= 4 is 102 Å². The van der Waals surface area contributed by atoms with Crippen LogP contribution in [0.2, 0.25) is 0 Å². The first-order chi connectivity index (χ1) is 17.1. The van der Waals surface area contributed by atoms with Gasteiger partial charge in [-0.25, -0.2) is 0 Å². The third-order valence-corrected chi connectivity index (χ3v) is 14.4. The van der Waals surface area contributed by atoms with Crippen molar-refractivity contribution in [3.8, 4) is 0 Å². The maximum Gasteiger partial charge on any atom is 0.302 e. The molecule has 3 aliphatic carbocycles. The predicted octanol–water partition coefficient (Wildman–Crippen LogP) is 10.6. The van der Waals surface area contributed by atoms with Crippen LogP contribution in [0.3, 0.4) is 0 Å². The lowest BCUT2D eigenvalue weighted by Crippen LogP contribution is -2.03. The molecule has 3 fully saturated rings. The molecule has 0 heterocycles. The van der Waals surface area contributed by atoms with Crippen molar-refractivity contribution in [1.29, 1.82) is 0 Å². The van der Waals surface area contributed by atoms with Gasteiger partial charge in [-0.1, -0.05) is 136 Å². The molecular weight excluding hydrogens is 864 g/mol. The van der Waals surface area contributed by atoms with Crippen LogP contribution in [-0.4, -0.2) is 53.8 Å². The Kier molecular flexibility index (Phi) is 24.3. The van der Waals surface area contributed by atoms with E-state index in [1.807, 2.05) is 0 Å². The Morgan fingerprint density at radius 1 is 0.784 bits per heavy atom. The van der Waals surface area contributed by atoms with E-state index in [0.29, 0.717) is 26.3 Å². The average Bonchev–Trinajstić information content (AvgIpc) is 3.79. The molecule has 0 radical (unpaired) electrons. The molecule has 222 valence electrons. The summed E-state index contributed by atoms with van der Waals surface area (Å²) in [6.45, 7) is 3.84. The van der Waals surface area contributed by atoms with Crippen LogP contribution < -0.4 is 0 Å². The van der Waals surface area contributed by atoms with Crippen LogP contribution in [0.4, 0.5) is 0 Å². The summed E-state index contributed by atoms with van der Waals surface area (Å²) in [5.41, 5.74) is 0. The quantitative estimate of drug-likeness (QED) is 0.124. The first-order valence-corrected chi connectivity index (χ1v) is 19.7. The van der Waals surface area contributed by atoms with Crippen LogP contribution in [-0.2, 0) is 9.53 Å².